The molecular formula is C27H32FN3O7. The molecule has 11 heteroatoms. The topological polar surface area (TPSA) is 173 Å². The molecule has 1 aliphatic heterocycles. The van der Waals surface area contributed by atoms with Gasteiger partial charge in [0.15, 0.2) is 11.4 Å². The summed E-state index contributed by atoms with van der Waals surface area (Å²) in [6.45, 7) is 8.32. The lowest BCUT2D eigenvalue weighted by atomic mass is 9.57. The van der Waals surface area contributed by atoms with E-state index in [2.05, 4.69) is 5.32 Å². The number of aliphatic hydroxyl groups excluding tert-OH is 2. The van der Waals surface area contributed by atoms with Crippen molar-refractivity contribution in [2.24, 2.45) is 17.6 Å². The molecular weight excluding hydrogens is 497 g/mol. The molecule has 5 rings (SSSR count). The van der Waals surface area contributed by atoms with Crippen LogP contribution in [0.4, 0.5) is 4.39 Å². The first-order chi connectivity index (χ1) is 17.7. The Bertz CT molecular complexity index is 1380. The number of likely N-dealkylation sites (N-methyl/N-ethyl adjacent to an activating group) is 1. The first-order valence-electron chi connectivity index (χ1n) is 12.7. The van der Waals surface area contributed by atoms with Gasteiger partial charge in [-0.2, -0.15) is 0 Å². The van der Waals surface area contributed by atoms with Crippen molar-refractivity contribution in [2.45, 2.75) is 70.8 Å². The molecule has 7 N–H and O–H groups in total. The Labute approximate surface area is 218 Å². The Kier molecular flexibility index (Phi) is 5.79. The van der Waals surface area contributed by atoms with Gasteiger partial charge >= 0.3 is 0 Å². The van der Waals surface area contributed by atoms with Crippen molar-refractivity contribution < 1.29 is 39.2 Å². The molecule has 1 aromatic carbocycles. The number of fused-ring (bicyclic) bond motifs is 4. The third-order valence-corrected chi connectivity index (χ3v) is 8.58. The summed E-state index contributed by atoms with van der Waals surface area (Å²) in [4.78, 5) is 40.9. The highest BCUT2D eigenvalue weighted by atomic mass is 19.1. The fourth-order valence-corrected chi connectivity index (χ4v) is 6.58. The quantitative estimate of drug-likeness (QED) is 0.315. The number of halogens is 1. The number of phenols is 1. The number of primary amides is 1. The number of aliphatic hydroxyl groups is 3. The van der Waals surface area contributed by atoms with Crippen LogP contribution in [0, 0.1) is 17.7 Å². The van der Waals surface area contributed by atoms with Gasteiger partial charge in [-0.25, -0.2) is 4.39 Å². The van der Waals surface area contributed by atoms with E-state index < -0.39 is 63.9 Å². The highest BCUT2D eigenvalue weighted by Crippen LogP contribution is 2.53. The summed E-state index contributed by atoms with van der Waals surface area (Å²) in [5.74, 6) is -8.05. The summed E-state index contributed by atoms with van der Waals surface area (Å²) in [6, 6.07) is -1.23. The number of nitrogens with zero attached hydrogens (tertiary/aromatic N) is 1. The zero-order chi connectivity index (χ0) is 28.1. The molecule has 4 aliphatic rings. The minimum absolute atomic E-state index is 0.0567. The van der Waals surface area contributed by atoms with Crippen molar-refractivity contribution in [2.75, 3.05) is 6.54 Å². The van der Waals surface area contributed by atoms with Gasteiger partial charge in [0.05, 0.1) is 11.6 Å². The SMILES string of the molecule is CCN[C@@H]1C(=O)C(C(N)=O)=C(O)[C@@]2(O)C(=O)C3=C(O)c4c(O)c5c(c(F)c4C[C@H]3C[C@@H]12)CN(C(C)(C)C)C5. The number of carbonyl (C=O) groups is 3. The lowest BCUT2D eigenvalue weighted by Crippen LogP contribution is -2.66. The largest absolute Gasteiger partial charge is 0.508 e. The van der Waals surface area contributed by atoms with Gasteiger partial charge in [0.1, 0.15) is 28.7 Å². The van der Waals surface area contributed by atoms with Gasteiger partial charge in [-0.3, -0.25) is 19.3 Å². The number of hydrogen-bond donors (Lipinski definition) is 6. The Morgan fingerprint density at radius 2 is 1.79 bits per heavy atom. The molecule has 38 heavy (non-hydrogen) atoms. The summed E-state index contributed by atoms with van der Waals surface area (Å²) in [5.41, 5.74) is 1.58. The number of amides is 1. The minimum Gasteiger partial charge on any atom is -0.508 e. The number of aromatic hydroxyl groups is 1. The number of benzene rings is 1. The zero-order valence-corrected chi connectivity index (χ0v) is 21.7. The van der Waals surface area contributed by atoms with Crippen LogP contribution in [0.1, 0.15) is 56.4 Å². The molecule has 0 spiro atoms. The Hall–Kier alpha value is -3.28. The van der Waals surface area contributed by atoms with Gasteiger partial charge in [-0.05, 0) is 46.1 Å². The molecule has 0 bridgehead atoms. The maximum atomic E-state index is 15.9. The van der Waals surface area contributed by atoms with E-state index in [-0.39, 0.29) is 60.5 Å². The monoisotopic (exact) mass is 529 g/mol. The average molecular weight is 530 g/mol. The number of nitrogens with one attached hydrogen (secondary N) is 1. The van der Waals surface area contributed by atoms with Gasteiger partial charge in [-0.1, -0.05) is 6.92 Å². The normalized spacial score (nSPS) is 29.3. The van der Waals surface area contributed by atoms with E-state index in [1.54, 1.807) is 6.92 Å². The van der Waals surface area contributed by atoms with Crippen molar-refractivity contribution in [1.29, 1.82) is 0 Å². The maximum Gasteiger partial charge on any atom is 0.255 e. The van der Waals surface area contributed by atoms with Crippen LogP contribution in [-0.2, 0) is 33.9 Å². The van der Waals surface area contributed by atoms with Crippen LogP contribution in [0.15, 0.2) is 16.9 Å². The standard InChI is InChI=1S/C27H32FN3O7/c1-5-30-19-14-7-10-6-11-16(20(32)13-9-31(26(2,3)4)8-12(13)18(11)28)21(33)15(10)23(35)27(14,38)24(36)17(22(19)34)25(29)37/h10,14,19,30,32-33,36,38H,5-9H2,1-4H3,(H2,29,37)/t10-,14-,19-,27-/m0/s1. The first-order valence-corrected chi connectivity index (χ1v) is 12.7. The summed E-state index contributed by atoms with van der Waals surface area (Å²) < 4.78 is 15.9. The number of phenolic OH excluding ortho intramolecular Hbond substituents is 1. The van der Waals surface area contributed by atoms with Gasteiger partial charge in [0.25, 0.3) is 5.91 Å². The van der Waals surface area contributed by atoms with E-state index in [1.807, 2.05) is 25.7 Å². The van der Waals surface area contributed by atoms with Crippen molar-refractivity contribution in [3.05, 3.63) is 45.0 Å². The molecule has 204 valence electrons. The molecule has 3 aliphatic carbocycles. The van der Waals surface area contributed by atoms with Gasteiger partial charge < -0.3 is 31.5 Å². The van der Waals surface area contributed by atoms with Crippen molar-refractivity contribution in [3.63, 3.8) is 0 Å². The second-order valence-corrected chi connectivity index (χ2v) is 11.6. The summed E-state index contributed by atoms with van der Waals surface area (Å²) in [6.07, 6.45) is -0.165. The van der Waals surface area contributed by atoms with Gasteiger partial charge in [-0.15, -0.1) is 0 Å². The molecule has 1 aromatic rings. The van der Waals surface area contributed by atoms with Crippen LogP contribution in [0.3, 0.4) is 0 Å². The zero-order valence-electron chi connectivity index (χ0n) is 21.7. The van der Waals surface area contributed by atoms with Crippen LogP contribution in [-0.4, -0.2) is 66.5 Å². The van der Waals surface area contributed by atoms with E-state index in [1.165, 1.54) is 0 Å². The highest BCUT2D eigenvalue weighted by molar-refractivity contribution is 6.24. The molecule has 0 saturated heterocycles. The van der Waals surface area contributed by atoms with E-state index in [4.69, 9.17) is 5.73 Å². The smallest absolute Gasteiger partial charge is 0.255 e. The predicted molar refractivity (Wildman–Crippen MR) is 133 cm³/mol. The molecule has 1 heterocycles. The number of hydrogen-bond acceptors (Lipinski definition) is 9. The Morgan fingerprint density at radius 1 is 1.16 bits per heavy atom. The van der Waals surface area contributed by atoms with E-state index in [9.17, 15) is 34.8 Å². The maximum absolute atomic E-state index is 15.9. The Balaban J connectivity index is 1.70. The van der Waals surface area contributed by atoms with Crippen LogP contribution in [0.25, 0.3) is 5.76 Å². The molecule has 1 fully saturated rings. The molecule has 4 atom stereocenters. The fourth-order valence-electron chi connectivity index (χ4n) is 6.58. The number of Topliss-reactive ketones (excluding diaryl/α,β-unsaturated/α-hetero) is 2. The molecule has 0 unspecified atom stereocenters. The second-order valence-electron chi connectivity index (χ2n) is 11.6. The van der Waals surface area contributed by atoms with Crippen molar-refractivity contribution >= 4 is 23.2 Å². The highest BCUT2D eigenvalue weighted by Gasteiger charge is 2.63. The van der Waals surface area contributed by atoms with Crippen molar-refractivity contribution in [3.8, 4) is 5.75 Å². The van der Waals surface area contributed by atoms with Crippen LogP contribution < -0.4 is 11.1 Å². The minimum atomic E-state index is -2.73. The summed E-state index contributed by atoms with van der Waals surface area (Å²) in [5, 5.41) is 47.9. The second kappa shape index (κ2) is 8.36. The lowest BCUT2D eigenvalue weighted by molar-refractivity contribution is -0.150. The number of ketones is 2. The van der Waals surface area contributed by atoms with E-state index in [0.29, 0.717) is 11.1 Å². The predicted octanol–water partition coefficient (Wildman–Crippen LogP) is 1.27. The van der Waals surface area contributed by atoms with Crippen LogP contribution >= 0.6 is 0 Å². The number of carbonyl (C=O) groups excluding carboxylic acids is 3. The fraction of sp³-hybridized carbons (Fsp3) is 0.519. The van der Waals surface area contributed by atoms with Gasteiger partial charge in [0.2, 0.25) is 5.78 Å². The van der Waals surface area contributed by atoms with Crippen molar-refractivity contribution in [1.82, 2.24) is 10.2 Å². The third kappa shape index (κ3) is 3.31. The molecule has 1 amide bonds. The first kappa shape index (κ1) is 26.3. The Morgan fingerprint density at radius 3 is 2.37 bits per heavy atom. The lowest BCUT2D eigenvalue weighted by Gasteiger charge is -2.49. The number of nitrogens with two attached hydrogens (primary N) is 1. The van der Waals surface area contributed by atoms with E-state index >= 15 is 4.39 Å². The third-order valence-electron chi connectivity index (χ3n) is 8.58. The summed E-state index contributed by atoms with van der Waals surface area (Å²) in [7, 11) is 0. The molecule has 1 saturated carbocycles. The van der Waals surface area contributed by atoms with Gasteiger partial charge in [0, 0.05) is 46.8 Å². The molecule has 10 nitrogen and oxygen atoms in total. The average Bonchev–Trinajstić information content (AvgIpc) is 3.29. The number of rotatable bonds is 3. The molecule has 0 radical (unpaired) electrons. The van der Waals surface area contributed by atoms with E-state index in [0.717, 1.165) is 0 Å². The van der Waals surface area contributed by atoms with Crippen LogP contribution in [0.5, 0.6) is 5.75 Å². The molecule has 0 aromatic heterocycles. The van der Waals surface area contributed by atoms with Crippen LogP contribution in [0.2, 0.25) is 0 Å². The summed E-state index contributed by atoms with van der Waals surface area (Å²) >= 11 is 0.